The number of carbonyl (C=O) groups excluding carboxylic acids is 1. The Morgan fingerprint density at radius 2 is 2.12 bits per heavy atom. The number of hydrogen-bond donors (Lipinski definition) is 1. The van der Waals surface area contributed by atoms with Crippen LogP contribution in [0.15, 0.2) is 33.5 Å². The minimum Gasteiger partial charge on any atom is -0.507 e. The molecule has 0 saturated carbocycles. The van der Waals surface area contributed by atoms with Crippen LogP contribution in [0.4, 0.5) is 0 Å². The summed E-state index contributed by atoms with van der Waals surface area (Å²) in [5.74, 6) is -0.712. The normalized spacial score (nSPS) is 10.3. The van der Waals surface area contributed by atoms with Gasteiger partial charge in [-0.25, -0.2) is 9.59 Å². The van der Waals surface area contributed by atoms with Crippen LogP contribution in [-0.4, -0.2) is 18.2 Å². The maximum atomic E-state index is 11.2. The number of carbonyl (C=O) groups is 1. The molecule has 0 aliphatic carbocycles. The van der Waals surface area contributed by atoms with Crippen molar-refractivity contribution in [2.24, 2.45) is 0 Å². The van der Waals surface area contributed by atoms with Gasteiger partial charge in [0.05, 0.1) is 24.1 Å². The average molecular weight is 220 g/mol. The zero-order chi connectivity index (χ0) is 11.7. The Kier molecular flexibility index (Phi) is 2.36. The molecule has 2 aromatic rings. The van der Waals surface area contributed by atoms with Crippen LogP contribution >= 0.6 is 0 Å². The van der Waals surface area contributed by atoms with E-state index in [0.717, 1.165) is 6.07 Å². The van der Waals surface area contributed by atoms with Gasteiger partial charge in [-0.2, -0.15) is 0 Å². The average Bonchev–Trinajstić information content (AvgIpc) is 2.27. The Morgan fingerprint density at radius 1 is 1.38 bits per heavy atom. The van der Waals surface area contributed by atoms with Crippen LogP contribution in [-0.2, 0) is 4.74 Å². The molecule has 0 aliphatic rings. The molecule has 0 amide bonds. The third-order valence-corrected chi connectivity index (χ3v) is 2.14. The fourth-order valence-corrected chi connectivity index (χ4v) is 1.39. The molecular formula is C11H8O5. The molecule has 5 heteroatoms. The van der Waals surface area contributed by atoms with E-state index in [-0.39, 0.29) is 16.9 Å². The summed E-state index contributed by atoms with van der Waals surface area (Å²) in [5.41, 5.74) is -0.274. The van der Waals surface area contributed by atoms with E-state index in [2.05, 4.69) is 4.74 Å². The first-order chi connectivity index (χ1) is 7.61. The molecule has 1 aromatic carbocycles. The molecule has 0 atom stereocenters. The zero-order valence-corrected chi connectivity index (χ0v) is 8.39. The zero-order valence-electron chi connectivity index (χ0n) is 8.39. The second kappa shape index (κ2) is 3.69. The van der Waals surface area contributed by atoms with Crippen molar-refractivity contribution in [2.45, 2.75) is 0 Å². The lowest BCUT2D eigenvalue weighted by Crippen LogP contribution is -2.02. The third kappa shape index (κ3) is 1.63. The van der Waals surface area contributed by atoms with Crippen molar-refractivity contribution in [3.05, 3.63) is 40.2 Å². The Hall–Kier alpha value is -2.30. The van der Waals surface area contributed by atoms with Crippen molar-refractivity contribution in [3.63, 3.8) is 0 Å². The summed E-state index contributed by atoms with van der Waals surface area (Å²) in [5, 5.41) is 9.83. The molecule has 1 heterocycles. The molecule has 0 bridgehead atoms. The molecule has 1 N–H and O–H groups in total. The molecular weight excluding hydrogens is 212 g/mol. The van der Waals surface area contributed by atoms with Crippen LogP contribution in [0.1, 0.15) is 10.4 Å². The molecule has 0 saturated heterocycles. The van der Waals surface area contributed by atoms with E-state index in [1.807, 2.05) is 0 Å². The van der Waals surface area contributed by atoms with Crippen LogP contribution in [0.25, 0.3) is 11.0 Å². The highest BCUT2D eigenvalue weighted by atomic mass is 16.5. The fourth-order valence-electron chi connectivity index (χ4n) is 1.39. The summed E-state index contributed by atoms with van der Waals surface area (Å²) in [6.07, 6.45) is 0. The summed E-state index contributed by atoms with van der Waals surface area (Å²) < 4.78 is 9.38. The van der Waals surface area contributed by atoms with Gasteiger partial charge < -0.3 is 14.3 Å². The maximum Gasteiger partial charge on any atom is 0.339 e. The monoisotopic (exact) mass is 220 g/mol. The van der Waals surface area contributed by atoms with Crippen LogP contribution < -0.4 is 5.63 Å². The van der Waals surface area contributed by atoms with Crippen molar-refractivity contribution >= 4 is 16.9 Å². The van der Waals surface area contributed by atoms with Gasteiger partial charge in [-0.3, -0.25) is 0 Å². The molecule has 0 aliphatic heterocycles. The first-order valence-electron chi connectivity index (χ1n) is 4.47. The van der Waals surface area contributed by atoms with Gasteiger partial charge in [-0.15, -0.1) is 0 Å². The number of esters is 1. The molecule has 5 nitrogen and oxygen atoms in total. The first kappa shape index (κ1) is 10.2. The van der Waals surface area contributed by atoms with E-state index in [0.29, 0.717) is 5.39 Å². The standard InChI is InChI=1S/C11H8O5/c1-15-11(14)6-2-3-7-8(12)5-10(13)16-9(7)4-6/h2-5,12H,1H3. The largest absolute Gasteiger partial charge is 0.507 e. The highest BCUT2D eigenvalue weighted by Crippen LogP contribution is 2.23. The Labute approximate surface area is 89.9 Å². The van der Waals surface area contributed by atoms with Crippen LogP contribution in [0.5, 0.6) is 5.75 Å². The minimum atomic E-state index is -0.674. The number of methoxy groups -OCH3 is 1. The first-order valence-corrected chi connectivity index (χ1v) is 4.47. The van der Waals surface area contributed by atoms with Crippen molar-refractivity contribution in [1.82, 2.24) is 0 Å². The number of fused-ring (bicyclic) bond motifs is 1. The Morgan fingerprint density at radius 3 is 2.81 bits per heavy atom. The summed E-state index contributed by atoms with van der Waals surface area (Å²) in [7, 11) is 1.26. The number of hydrogen-bond acceptors (Lipinski definition) is 5. The maximum absolute atomic E-state index is 11.2. The molecule has 0 unspecified atom stereocenters. The molecule has 0 fully saturated rings. The second-order valence-corrected chi connectivity index (χ2v) is 3.15. The smallest absolute Gasteiger partial charge is 0.339 e. The van der Waals surface area contributed by atoms with E-state index in [9.17, 15) is 14.7 Å². The molecule has 82 valence electrons. The van der Waals surface area contributed by atoms with Gasteiger partial charge in [0.1, 0.15) is 11.3 Å². The van der Waals surface area contributed by atoms with Crippen LogP contribution in [0, 0.1) is 0 Å². The minimum absolute atomic E-state index is 0.146. The van der Waals surface area contributed by atoms with Crippen LogP contribution in [0.3, 0.4) is 0 Å². The predicted molar refractivity (Wildman–Crippen MR) is 55.5 cm³/mol. The highest BCUT2D eigenvalue weighted by Gasteiger charge is 2.09. The number of aromatic hydroxyl groups is 1. The highest BCUT2D eigenvalue weighted by molar-refractivity contribution is 5.94. The van der Waals surface area contributed by atoms with Gasteiger partial charge >= 0.3 is 11.6 Å². The third-order valence-electron chi connectivity index (χ3n) is 2.14. The SMILES string of the molecule is COC(=O)c1ccc2c(O)cc(=O)oc2c1. The lowest BCUT2D eigenvalue weighted by molar-refractivity contribution is 0.0600. The molecule has 0 radical (unpaired) electrons. The van der Waals surface area contributed by atoms with Gasteiger partial charge in [0, 0.05) is 0 Å². The van der Waals surface area contributed by atoms with Crippen molar-refractivity contribution in [3.8, 4) is 5.75 Å². The van der Waals surface area contributed by atoms with E-state index >= 15 is 0 Å². The van der Waals surface area contributed by atoms with E-state index in [4.69, 9.17) is 4.42 Å². The predicted octanol–water partition coefficient (Wildman–Crippen LogP) is 1.29. The quantitative estimate of drug-likeness (QED) is 0.578. The molecule has 0 spiro atoms. The number of benzene rings is 1. The van der Waals surface area contributed by atoms with Crippen molar-refractivity contribution in [1.29, 1.82) is 0 Å². The molecule has 1 aromatic heterocycles. The summed E-state index contributed by atoms with van der Waals surface area (Å²) in [6, 6.07) is 5.29. The van der Waals surface area contributed by atoms with E-state index < -0.39 is 11.6 Å². The Balaban J connectivity index is 2.71. The van der Waals surface area contributed by atoms with E-state index in [1.54, 1.807) is 0 Å². The molecule has 16 heavy (non-hydrogen) atoms. The van der Waals surface area contributed by atoms with Gasteiger partial charge in [-0.1, -0.05) is 0 Å². The number of rotatable bonds is 1. The lowest BCUT2D eigenvalue weighted by atomic mass is 10.1. The van der Waals surface area contributed by atoms with Gasteiger partial charge in [0.25, 0.3) is 0 Å². The molecule has 2 rings (SSSR count). The summed E-state index contributed by atoms with van der Waals surface area (Å²) in [4.78, 5) is 22.2. The van der Waals surface area contributed by atoms with Crippen molar-refractivity contribution in [2.75, 3.05) is 7.11 Å². The lowest BCUT2D eigenvalue weighted by Gasteiger charge is -2.02. The van der Waals surface area contributed by atoms with Gasteiger partial charge in [0.2, 0.25) is 0 Å². The van der Waals surface area contributed by atoms with Crippen molar-refractivity contribution < 1.29 is 19.1 Å². The summed E-state index contributed by atoms with van der Waals surface area (Å²) in [6.45, 7) is 0. The van der Waals surface area contributed by atoms with Gasteiger partial charge in [0.15, 0.2) is 0 Å². The van der Waals surface area contributed by atoms with E-state index in [1.165, 1.54) is 25.3 Å². The summed E-state index contributed by atoms with van der Waals surface area (Å²) >= 11 is 0. The second-order valence-electron chi connectivity index (χ2n) is 3.15. The number of ether oxygens (including phenoxy) is 1. The van der Waals surface area contributed by atoms with Gasteiger partial charge in [-0.05, 0) is 18.2 Å². The van der Waals surface area contributed by atoms with Crippen LogP contribution in [0.2, 0.25) is 0 Å². The Bertz CT molecular complexity index is 611. The topological polar surface area (TPSA) is 76.7 Å². The fraction of sp³-hybridized carbons (Fsp3) is 0.0909.